The van der Waals surface area contributed by atoms with Crippen molar-refractivity contribution in [2.45, 2.75) is 13.0 Å². The highest BCUT2D eigenvalue weighted by Crippen LogP contribution is 1.88. The van der Waals surface area contributed by atoms with Crippen molar-refractivity contribution in [3.63, 3.8) is 0 Å². The number of nitrogens with one attached hydrogen (secondary N) is 1. The molecule has 4 nitrogen and oxygen atoms in total. The second-order valence-electron chi connectivity index (χ2n) is 2.93. The maximum absolute atomic E-state index is 10.6. The van der Waals surface area contributed by atoms with Crippen LogP contribution in [0.25, 0.3) is 0 Å². The number of sulfonamides is 1. The van der Waals surface area contributed by atoms with Gasteiger partial charge in [-0.1, -0.05) is 0 Å². The van der Waals surface area contributed by atoms with Gasteiger partial charge < -0.3 is 4.90 Å². The smallest absolute Gasteiger partial charge is 0.208 e. The minimum atomic E-state index is -3.03. The first kappa shape index (κ1) is 10.9. The zero-order valence-corrected chi connectivity index (χ0v) is 8.27. The van der Waals surface area contributed by atoms with Crippen LogP contribution in [0.1, 0.15) is 6.92 Å². The molecular weight excluding hydrogens is 164 g/mol. The number of hydrogen-bond acceptors (Lipinski definition) is 3. The number of likely N-dealkylation sites (N-methyl/N-ethyl adjacent to an activating group) is 1. The average Bonchev–Trinajstić information content (AvgIpc) is 1.80. The van der Waals surface area contributed by atoms with E-state index in [0.717, 1.165) is 6.26 Å². The quantitative estimate of drug-likeness (QED) is 0.633. The van der Waals surface area contributed by atoms with E-state index in [1.54, 1.807) is 0 Å². The van der Waals surface area contributed by atoms with E-state index in [2.05, 4.69) is 4.72 Å². The molecule has 0 saturated carbocycles. The average molecular weight is 180 g/mol. The van der Waals surface area contributed by atoms with Crippen LogP contribution in [0.5, 0.6) is 0 Å². The van der Waals surface area contributed by atoms with Gasteiger partial charge in [0.1, 0.15) is 0 Å². The van der Waals surface area contributed by atoms with Crippen molar-refractivity contribution in [3.05, 3.63) is 0 Å². The second kappa shape index (κ2) is 4.04. The van der Waals surface area contributed by atoms with Gasteiger partial charge >= 0.3 is 0 Å². The van der Waals surface area contributed by atoms with Crippen molar-refractivity contribution < 1.29 is 8.42 Å². The lowest BCUT2D eigenvalue weighted by Crippen LogP contribution is -2.37. The van der Waals surface area contributed by atoms with Gasteiger partial charge in [0, 0.05) is 12.6 Å². The summed E-state index contributed by atoms with van der Waals surface area (Å²) in [5.74, 6) is 0. The Balaban J connectivity index is 3.72. The largest absolute Gasteiger partial charge is 0.305 e. The lowest BCUT2D eigenvalue weighted by atomic mass is 10.3. The van der Waals surface area contributed by atoms with Crippen LogP contribution in [0.3, 0.4) is 0 Å². The molecule has 0 aromatic heterocycles. The van der Waals surface area contributed by atoms with E-state index in [1.807, 2.05) is 25.9 Å². The van der Waals surface area contributed by atoms with Crippen LogP contribution < -0.4 is 4.72 Å². The normalized spacial score (nSPS) is 15.4. The standard InChI is InChI=1S/C6H16N2O2S/c1-6(8(2)3)5-7-11(4,9)10/h6-7H,5H2,1-4H3. The molecule has 0 bridgehead atoms. The molecule has 0 aliphatic rings. The Kier molecular flexibility index (Phi) is 3.99. The molecule has 0 spiro atoms. The van der Waals surface area contributed by atoms with Gasteiger partial charge in [0.15, 0.2) is 0 Å². The molecule has 0 aliphatic heterocycles. The fourth-order valence-electron chi connectivity index (χ4n) is 0.455. The summed E-state index contributed by atoms with van der Waals surface area (Å²) in [4.78, 5) is 1.96. The van der Waals surface area contributed by atoms with Crippen LogP contribution in [0.4, 0.5) is 0 Å². The highest BCUT2D eigenvalue weighted by Gasteiger charge is 2.06. The van der Waals surface area contributed by atoms with Gasteiger partial charge in [-0.2, -0.15) is 0 Å². The van der Waals surface area contributed by atoms with Gasteiger partial charge in [-0.3, -0.25) is 0 Å². The highest BCUT2D eigenvalue weighted by molar-refractivity contribution is 7.88. The first-order chi connectivity index (χ1) is 4.83. The second-order valence-corrected chi connectivity index (χ2v) is 4.77. The van der Waals surface area contributed by atoms with Crippen molar-refractivity contribution in [1.82, 2.24) is 9.62 Å². The minimum Gasteiger partial charge on any atom is -0.305 e. The lowest BCUT2D eigenvalue weighted by molar-refractivity contribution is 0.314. The SMILES string of the molecule is CC(CNS(C)(=O)=O)N(C)C. The van der Waals surface area contributed by atoms with Crippen molar-refractivity contribution in [2.24, 2.45) is 0 Å². The van der Waals surface area contributed by atoms with Gasteiger partial charge in [-0.15, -0.1) is 0 Å². The Hall–Kier alpha value is -0.130. The molecule has 11 heavy (non-hydrogen) atoms. The highest BCUT2D eigenvalue weighted by atomic mass is 32.2. The zero-order valence-electron chi connectivity index (χ0n) is 7.46. The van der Waals surface area contributed by atoms with Crippen LogP contribution >= 0.6 is 0 Å². The summed E-state index contributed by atoms with van der Waals surface area (Å²) in [6.45, 7) is 2.42. The Morgan fingerprint density at radius 1 is 1.45 bits per heavy atom. The molecule has 0 aromatic rings. The summed E-state index contributed by atoms with van der Waals surface area (Å²) in [5, 5.41) is 0. The third-order valence-corrected chi connectivity index (χ3v) is 2.21. The molecule has 0 saturated heterocycles. The summed E-state index contributed by atoms with van der Waals surface area (Å²) in [6, 6.07) is 0.227. The van der Waals surface area contributed by atoms with E-state index in [9.17, 15) is 8.42 Å². The van der Waals surface area contributed by atoms with Crippen LogP contribution in [0.15, 0.2) is 0 Å². The molecule has 0 rings (SSSR count). The van der Waals surface area contributed by atoms with Gasteiger partial charge in [0.25, 0.3) is 0 Å². The maximum Gasteiger partial charge on any atom is 0.208 e. The summed E-state index contributed by atoms with van der Waals surface area (Å²) in [7, 11) is 0.793. The van der Waals surface area contributed by atoms with Crippen molar-refractivity contribution >= 4 is 10.0 Å². The number of nitrogens with zero attached hydrogens (tertiary/aromatic N) is 1. The van der Waals surface area contributed by atoms with Crippen molar-refractivity contribution in [1.29, 1.82) is 0 Å². The third-order valence-electron chi connectivity index (χ3n) is 1.52. The molecule has 0 amide bonds. The molecule has 68 valence electrons. The van der Waals surface area contributed by atoms with E-state index in [1.165, 1.54) is 0 Å². The van der Waals surface area contributed by atoms with E-state index in [4.69, 9.17) is 0 Å². The molecule has 1 N–H and O–H groups in total. The molecule has 0 heterocycles. The zero-order chi connectivity index (χ0) is 9.07. The van der Waals surface area contributed by atoms with Gasteiger partial charge in [-0.25, -0.2) is 13.1 Å². The number of rotatable bonds is 4. The fraction of sp³-hybridized carbons (Fsp3) is 1.00. The van der Waals surface area contributed by atoms with Gasteiger partial charge in [-0.05, 0) is 21.0 Å². The van der Waals surface area contributed by atoms with Crippen LogP contribution in [-0.4, -0.2) is 46.3 Å². The molecule has 1 atom stereocenters. The molecule has 0 aromatic carbocycles. The van der Waals surface area contributed by atoms with Crippen LogP contribution in [0, 0.1) is 0 Å². The van der Waals surface area contributed by atoms with Crippen molar-refractivity contribution in [3.8, 4) is 0 Å². The van der Waals surface area contributed by atoms with Gasteiger partial charge in [0.05, 0.1) is 6.26 Å². The molecule has 0 aliphatic carbocycles. The fourth-order valence-corrected chi connectivity index (χ4v) is 0.999. The lowest BCUT2D eigenvalue weighted by Gasteiger charge is -2.19. The Morgan fingerprint density at radius 3 is 2.18 bits per heavy atom. The molecule has 5 heteroatoms. The van der Waals surface area contributed by atoms with Crippen molar-refractivity contribution in [2.75, 3.05) is 26.9 Å². The summed E-state index contributed by atoms with van der Waals surface area (Å²) in [5.41, 5.74) is 0. The molecule has 0 radical (unpaired) electrons. The summed E-state index contributed by atoms with van der Waals surface area (Å²) < 4.78 is 23.7. The predicted octanol–water partition coefficient (Wildman–Crippen LogP) is -0.514. The third kappa shape index (κ3) is 6.28. The predicted molar refractivity (Wildman–Crippen MR) is 46.0 cm³/mol. The summed E-state index contributed by atoms with van der Waals surface area (Å²) >= 11 is 0. The maximum atomic E-state index is 10.6. The van der Waals surface area contributed by atoms with E-state index in [-0.39, 0.29) is 6.04 Å². The minimum absolute atomic E-state index is 0.227. The number of hydrogen-bond donors (Lipinski definition) is 1. The Labute approximate surface area is 68.6 Å². The Bertz CT molecular complexity index is 199. The molecular formula is C6H16N2O2S. The topological polar surface area (TPSA) is 49.4 Å². The molecule has 1 unspecified atom stereocenters. The monoisotopic (exact) mass is 180 g/mol. The van der Waals surface area contributed by atoms with E-state index in [0.29, 0.717) is 6.54 Å². The van der Waals surface area contributed by atoms with Crippen LogP contribution in [0.2, 0.25) is 0 Å². The van der Waals surface area contributed by atoms with E-state index >= 15 is 0 Å². The Morgan fingerprint density at radius 2 is 1.91 bits per heavy atom. The van der Waals surface area contributed by atoms with Crippen LogP contribution in [-0.2, 0) is 10.0 Å². The first-order valence-corrected chi connectivity index (χ1v) is 5.33. The molecule has 0 fully saturated rings. The van der Waals surface area contributed by atoms with E-state index < -0.39 is 10.0 Å². The van der Waals surface area contributed by atoms with Gasteiger partial charge in [0.2, 0.25) is 10.0 Å². The summed E-state index contributed by atoms with van der Waals surface area (Å²) in [6.07, 6.45) is 1.16. The first-order valence-electron chi connectivity index (χ1n) is 3.44.